The molecule has 0 unspecified atom stereocenters. The average molecular weight is 740 g/mol. The summed E-state index contributed by atoms with van der Waals surface area (Å²) in [6.45, 7) is 0. The van der Waals surface area contributed by atoms with Crippen LogP contribution in [0.15, 0.2) is 229 Å². The summed E-state index contributed by atoms with van der Waals surface area (Å²) in [5.74, 6) is 0. The molecule has 2 heteroatoms. The summed E-state index contributed by atoms with van der Waals surface area (Å²) < 4.78 is 6.69. The number of fused-ring (bicyclic) bond motifs is 6. The summed E-state index contributed by atoms with van der Waals surface area (Å²) >= 11 is 0. The highest BCUT2D eigenvalue weighted by molar-refractivity contribution is 6.19. The third-order valence-corrected chi connectivity index (χ3v) is 11.5. The zero-order chi connectivity index (χ0) is 38.4. The van der Waals surface area contributed by atoms with E-state index < -0.39 is 0 Å². The largest absolute Gasteiger partial charge is 0.455 e. The van der Waals surface area contributed by atoms with E-state index >= 15 is 0 Å². The maximum absolute atomic E-state index is 6.69. The second kappa shape index (κ2) is 14.1. The van der Waals surface area contributed by atoms with Crippen LogP contribution in [0.5, 0.6) is 0 Å². The van der Waals surface area contributed by atoms with E-state index in [-0.39, 0.29) is 0 Å². The molecule has 58 heavy (non-hydrogen) atoms. The summed E-state index contributed by atoms with van der Waals surface area (Å²) in [7, 11) is 0. The summed E-state index contributed by atoms with van der Waals surface area (Å²) in [5, 5.41) is 6.96. The van der Waals surface area contributed by atoms with E-state index in [2.05, 4.69) is 229 Å². The second-order valence-corrected chi connectivity index (χ2v) is 14.9. The van der Waals surface area contributed by atoms with Gasteiger partial charge in [0.05, 0.1) is 11.1 Å². The highest BCUT2D eigenvalue weighted by Crippen LogP contribution is 2.45. The molecule has 0 N–H and O–H groups in total. The van der Waals surface area contributed by atoms with Crippen LogP contribution in [0.2, 0.25) is 0 Å². The summed E-state index contributed by atoms with van der Waals surface area (Å²) in [6.07, 6.45) is 0. The van der Waals surface area contributed by atoms with Gasteiger partial charge in [0.2, 0.25) is 0 Å². The molecule has 0 radical (unpaired) electrons. The van der Waals surface area contributed by atoms with Crippen LogP contribution in [0.1, 0.15) is 0 Å². The number of benzene rings is 10. The lowest BCUT2D eigenvalue weighted by atomic mass is 9.91. The maximum Gasteiger partial charge on any atom is 0.143 e. The van der Waals surface area contributed by atoms with Gasteiger partial charge in [0.1, 0.15) is 11.2 Å². The molecule has 11 rings (SSSR count). The van der Waals surface area contributed by atoms with E-state index in [1.54, 1.807) is 0 Å². The van der Waals surface area contributed by atoms with Crippen LogP contribution >= 0.6 is 0 Å². The van der Waals surface area contributed by atoms with Crippen molar-refractivity contribution in [2.75, 3.05) is 4.90 Å². The van der Waals surface area contributed by atoms with Crippen molar-refractivity contribution in [1.82, 2.24) is 0 Å². The van der Waals surface area contributed by atoms with Crippen LogP contribution in [0.25, 0.3) is 88.0 Å². The predicted octanol–water partition coefficient (Wildman–Crippen LogP) is 16.0. The van der Waals surface area contributed by atoms with Gasteiger partial charge in [-0.05, 0) is 103 Å². The lowest BCUT2D eigenvalue weighted by molar-refractivity contribution is 0.672. The Bertz CT molecular complexity index is 3230. The fraction of sp³-hybridized carbons (Fsp3) is 0. The van der Waals surface area contributed by atoms with Crippen LogP contribution in [0.3, 0.4) is 0 Å². The Morgan fingerprint density at radius 3 is 1.41 bits per heavy atom. The Labute approximate surface area is 337 Å². The molecule has 1 heterocycles. The van der Waals surface area contributed by atoms with Crippen molar-refractivity contribution in [3.8, 4) is 44.5 Å². The van der Waals surface area contributed by atoms with Gasteiger partial charge in [-0.2, -0.15) is 0 Å². The van der Waals surface area contributed by atoms with Crippen LogP contribution in [-0.2, 0) is 0 Å². The Morgan fingerprint density at radius 1 is 0.293 bits per heavy atom. The van der Waals surface area contributed by atoms with Crippen LogP contribution < -0.4 is 4.90 Å². The van der Waals surface area contributed by atoms with Gasteiger partial charge in [-0.3, -0.25) is 0 Å². The van der Waals surface area contributed by atoms with Crippen molar-refractivity contribution < 1.29 is 4.42 Å². The summed E-state index contributed by atoms with van der Waals surface area (Å²) in [4.78, 5) is 2.37. The van der Waals surface area contributed by atoms with Crippen LogP contribution in [0, 0.1) is 0 Å². The summed E-state index contributed by atoms with van der Waals surface area (Å²) in [5.41, 5.74) is 14.6. The first-order valence-corrected chi connectivity index (χ1v) is 19.8. The number of rotatable bonds is 7. The minimum atomic E-state index is 0.866. The van der Waals surface area contributed by atoms with Crippen LogP contribution in [-0.4, -0.2) is 0 Å². The molecule has 0 atom stereocenters. The molecule has 11 aromatic rings. The van der Waals surface area contributed by atoms with Crippen molar-refractivity contribution in [3.63, 3.8) is 0 Å². The topological polar surface area (TPSA) is 16.4 Å². The zero-order valence-corrected chi connectivity index (χ0v) is 31.7. The van der Waals surface area contributed by atoms with Crippen molar-refractivity contribution in [2.45, 2.75) is 0 Å². The first-order valence-electron chi connectivity index (χ1n) is 19.8. The first-order chi connectivity index (χ1) is 28.8. The highest BCUT2D eigenvalue weighted by Gasteiger charge is 2.21. The first kappa shape index (κ1) is 33.6. The van der Waals surface area contributed by atoms with E-state index in [0.29, 0.717) is 0 Å². The molecular formula is C56H37NO. The van der Waals surface area contributed by atoms with E-state index in [1.807, 2.05) is 0 Å². The minimum absolute atomic E-state index is 0.866. The Morgan fingerprint density at radius 2 is 0.776 bits per heavy atom. The summed E-state index contributed by atoms with van der Waals surface area (Å²) in [6, 6.07) is 80.6. The molecule has 0 fully saturated rings. The molecule has 2 nitrogen and oxygen atoms in total. The quantitative estimate of drug-likeness (QED) is 0.162. The Hall–Kier alpha value is -7.68. The van der Waals surface area contributed by atoms with Gasteiger partial charge in [-0.15, -0.1) is 0 Å². The Balaban J connectivity index is 1.05. The second-order valence-electron chi connectivity index (χ2n) is 14.9. The molecule has 0 aliphatic carbocycles. The van der Waals surface area contributed by atoms with Gasteiger partial charge in [-0.1, -0.05) is 182 Å². The molecular weight excluding hydrogens is 703 g/mol. The molecule has 0 aliphatic heterocycles. The van der Waals surface area contributed by atoms with E-state index in [4.69, 9.17) is 4.42 Å². The van der Waals surface area contributed by atoms with Crippen molar-refractivity contribution >= 4 is 60.5 Å². The van der Waals surface area contributed by atoms with Gasteiger partial charge in [0.15, 0.2) is 0 Å². The highest BCUT2D eigenvalue weighted by atomic mass is 16.3. The lowest BCUT2D eigenvalue weighted by Gasteiger charge is -2.27. The fourth-order valence-electron chi connectivity index (χ4n) is 8.67. The lowest BCUT2D eigenvalue weighted by Crippen LogP contribution is -2.10. The van der Waals surface area contributed by atoms with Crippen molar-refractivity contribution in [3.05, 3.63) is 224 Å². The smallest absolute Gasteiger partial charge is 0.143 e. The van der Waals surface area contributed by atoms with Crippen molar-refractivity contribution in [2.24, 2.45) is 0 Å². The minimum Gasteiger partial charge on any atom is -0.455 e. The number of anilines is 3. The van der Waals surface area contributed by atoms with Gasteiger partial charge >= 0.3 is 0 Å². The maximum atomic E-state index is 6.69. The number of nitrogens with zero attached hydrogens (tertiary/aromatic N) is 1. The van der Waals surface area contributed by atoms with E-state index in [0.717, 1.165) is 44.4 Å². The molecule has 272 valence electrons. The SMILES string of the molecule is c1ccc(-c2ccc(-c3ccc(N(c4ccc(-c5cccc6cccc(-c7ccccc7)c56)cc4)c4cccc5oc6c7ccccc7ccc6c45)cc3)cc2)cc1. The third kappa shape index (κ3) is 5.82. The number of furan rings is 1. The molecule has 0 spiro atoms. The van der Waals surface area contributed by atoms with Gasteiger partial charge in [0.25, 0.3) is 0 Å². The van der Waals surface area contributed by atoms with Gasteiger partial charge in [-0.25, -0.2) is 0 Å². The molecule has 10 aromatic carbocycles. The number of hydrogen-bond donors (Lipinski definition) is 0. The molecule has 0 aliphatic rings. The van der Waals surface area contributed by atoms with Crippen molar-refractivity contribution in [1.29, 1.82) is 0 Å². The fourth-order valence-corrected chi connectivity index (χ4v) is 8.67. The average Bonchev–Trinajstić information content (AvgIpc) is 3.70. The Kier molecular flexibility index (Phi) is 8.19. The zero-order valence-electron chi connectivity index (χ0n) is 31.7. The molecule has 0 amide bonds. The predicted molar refractivity (Wildman–Crippen MR) is 245 cm³/mol. The molecule has 1 aromatic heterocycles. The van der Waals surface area contributed by atoms with E-state index in [1.165, 1.54) is 60.7 Å². The van der Waals surface area contributed by atoms with Gasteiger partial charge in [0, 0.05) is 22.1 Å². The van der Waals surface area contributed by atoms with E-state index in [9.17, 15) is 0 Å². The molecule has 0 saturated heterocycles. The van der Waals surface area contributed by atoms with Gasteiger partial charge < -0.3 is 9.32 Å². The standard InChI is InChI=1S/C56H37NO/c1-3-12-38(13-4-1)39-24-26-40(27-25-39)41-28-33-46(34-29-41)57(52-22-11-23-53-55(52)51-37-32-43-16-7-8-19-50(43)56(51)58-53)47-35-30-44(31-36-47)49-21-10-18-45-17-9-20-48(54(45)49)42-14-5-2-6-15-42/h1-37H. The number of hydrogen-bond acceptors (Lipinski definition) is 2. The normalized spacial score (nSPS) is 11.4. The van der Waals surface area contributed by atoms with Crippen LogP contribution in [0.4, 0.5) is 17.1 Å². The monoisotopic (exact) mass is 739 g/mol. The molecule has 0 bridgehead atoms. The molecule has 0 saturated carbocycles. The third-order valence-electron chi connectivity index (χ3n) is 11.5.